The number of nitrogens with zero attached hydrogens (tertiary/aromatic N) is 1. The van der Waals surface area contributed by atoms with Crippen LogP contribution in [0.4, 0.5) is 0 Å². The Morgan fingerprint density at radius 2 is 2.29 bits per heavy atom. The Morgan fingerprint density at radius 3 is 2.82 bits per heavy atom. The van der Waals surface area contributed by atoms with Crippen LogP contribution < -0.4 is 5.73 Å². The molecule has 2 N–H and O–H groups in total. The topological polar surface area (TPSA) is 59.5 Å². The number of hydrogen-bond acceptors (Lipinski definition) is 3. The Morgan fingerprint density at radius 1 is 1.59 bits per heavy atom. The number of carbonyl (C=O) groups is 1. The Labute approximate surface area is 102 Å². The zero-order valence-corrected chi connectivity index (χ0v) is 10.7. The van der Waals surface area contributed by atoms with Crippen LogP contribution in [0, 0.1) is 12.3 Å². The summed E-state index contributed by atoms with van der Waals surface area (Å²) in [5, 5.41) is 0. The molecule has 0 aromatic carbocycles. The number of hydrogen-bond donors (Lipinski definition) is 1. The summed E-state index contributed by atoms with van der Waals surface area (Å²) in [6, 6.07) is 1.97. The number of aryl methyl sites for hydroxylation is 1. The lowest BCUT2D eigenvalue weighted by atomic mass is 9.79. The second kappa shape index (κ2) is 4.18. The van der Waals surface area contributed by atoms with Crippen molar-refractivity contribution in [2.24, 2.45) is 11.1 Å². The van der Waals surface area contributed by atoms with E-state index in [2.05, 4.69) is 13.8 Å². The predicted molar refractivity (Wildman–Crippen MR) is 65.7 cm³/mol. The van der Waals surface area contributed by atoms with Gasteiger partial charge in [-0.2, -0.15) is 0 Å². The Hall–Kier alpha value is -1.29. The highest BCUT2D eigenvalue weighted by molar-refractivity contribution is 5.92. The Balaban J connectivity index is 2.15. The maximum Gasteiger partial charge on any atom is 0.289 e. The number of amides is 1. The molecule has 2 heterocycles. The van der Waals surface area contributed by atoms with Crippen LogP contribution in [-0.4, -0.2) is 29.9 Å². The van der Waals surface area contributed by atoms with E-state index in [9.17, 15) is 4.79 Å². The summed E-state index contributed by atoms with van der Waals surface area (Å²) >= 11 is 0. The monoisotopic (exact) mass is 236 g/mol. The molecular weight excluding hydrogens is 216 g/mol. The zero-order chi connectivity index (χ0) is 12.6. The number of nitrogens with two attached hydrogens (primary N) is 1. The summed E-state index contributed by atoms with van der Waals surface area (Å²) in [5.41, 5.74) is 6.92. The minimum absolute atomic E-state index is 0.0209. The molecule has 1 aromatic rings. The van der Waals surface area contributed by atoms with Gasteiger partial charge in [-0.25, -0.2) is 0 Å². The second-order valence-corrected chi connectivity index (χ2v) is 5.54. The molecule has 1 saturated heterocycles. The lowest BCUT2D eigenvalue weighted by Gasteiger charge is -2.42. The third-order valence-electron chi connectivity index (χ3n) is 3.66. The molecule has 1 aliphatic rings. The van der Waals surface area contributed by atoms with Crippen molar-refractivity contribution >= 4 is 5.91 Å². The van der Waals surface area contributed by atoms with Gasteiger partial charge < -0.3 is 15.1 Å². The highest BCUT2D eigenvalue weighted by Crippen LogP contribution is 2.29. The van der Waals surface area contributed by atoms with Gasteiger partial charge in [-0.1, -0.05) is 13.8 Å². The summed E-state index contributed by atoms with van der Waals surface area (Å²) in [7, 11) is 0. The quantitative estimate of drug-likeness (QED) is 0.808. The van der Waals surface area contributed by atoms with Gasteiger partial charge in [0.2, 0.25) is 0 Å². The number of furan rings is 1. The van der Waals surface area contributed by atoms with E-state index in [0.717, 1.165) is 12.0 Å². The van der Waals surface area contributed by atoms with Gasteiger partial charge in [0.05, 0.1) is 6.26 Å². The van der Waals surface area contributed by atoms with Crippen LogP contribution in [0.2, 0.25) is 0 Å². The lowest BCUT2D eigenvalue weighted by Crippen LogP contribution is -2.54. The van der Waals surface area contributed by atoms with Crippen LogP contribution in [0.15, 0.2) is 16.7 Å². The van der Waals surface area contributed by atoms with E-state index < -0.39 is 0 Å². The van der Waals surface area contributed by atoms with Gasteiger partial charge in [0, 0.05) is 24.7 Å². The van der Waals surface area contributed by atoms with Crippen LogP contribution in [0.5, 0.6) is 0 Å². The van der Waals surface area contributed by atoms with Gasteiger partial charge in [-0.15, -0.1) is 0 Å². The average molecular weight is 236 g/mol. The largest absolute Gasteiger partial charge is 0.459 e. The van der Waals surface area contributed by atoms with E-state index in [4.69, 9.17) is 10.2 Å². The first-order valence-electron chi connectivity index (χ1n) is 6.01. The van der Waals surface area contributed by atoms with Crippen LogP contribution in [0.1, 0.15) is 36.4 Å². The van der Waals surface area contributed by atoms with E-state index in [1.165, 1.54) is 0 Å². The van der Waals surface area contributed by atoms with Crippen LogP contribution in [-0.2, 0) is 0 Å². The van der Waals surface area contributed by atoms with Gasteiger partial charge in [0.15, 0.2) is 5.76 Å². The van der Waals surface area contributed by atoms with Crippen molar-refractivity contribution in [1.82, 2.24) is 4.90 Å². The first-order valence-corrected chi connectivity index (χ1v) is 6.01. The molecule has 1 amide bonds. The number of rotatable bonds is 1. The molecule has 0 saturated carbocycles. The number of piperidine rings is 1. The van der Waals surface area contributed by atoms with E-state index in [-0.39, 0.29) is 17.4 Å². The minimum Gasteiger partial charge on any atom is -0.459 e. The summed E-state index contributed by atoms with van der Waals surface area (Å²) in [5.74, 6) is 0.434. The fourth-order valence-electron chi connectivity index (χ4n) is 2.28. The predicted octanol–water partition coefficient (Wildman–Crippen LogP) is 1.79. The molecule has 0 radical (unpaired) electrons. The minimum atomic E-state index is -0.0333. The maximum absolute atomic E-state index is 12.3. The van der Waals surface area contributed by atoms with Crippen molar-refractivity contribution in [2.45, 2.75) is 33.2 Å². The van der Waals surface area contributed by atoms with Crippen molar-refractivity contribution in [3.8, 4) is 0 Å². The van der Waals surface area contributed by atoms with Gasteiger partial charge in [0.1, 0.15) is 0 Å². The number of likely N-dealkylation sites (tertiary alicyclic amines) is 1. The molecule has 0 aliphatic carbocycles. The molecule has 1 unspecified atom stereocenters. The maximum atomic E-state index is 12.3. The van der Waals surface area contributed by atoms with Crippen molar-refractivity contribution < 1.29 is 9.21 Å². The summed E-state index contributed by atoms with van der Waals surface area (Å²) in [4.78, 5) is 14.1. The molecule has 94 valence electrons. The molecule has 17 heavy (non-hydrogen) atoms. The van der Waals surface area contributed by atoms with Crippen LogP contribution >= 0.6 is 0 Å². The fraction of sp³-hybridized carbons (Fsp3) is 0.615. The third-order valence-corrected chi connectivity index (χ3v) is 3.66. The first kappa shape index (κ1) is 12.2. The molecule has 4 nitrogen and oxygen atoms in total. The number of carbonyl (C=O) groups excluding carboxylic acids is 1. The molecule has 1 aromatic heterocycles. The van der Waals surface area contributed by atoms with Crippen LogP contribution in [0.3, 0.4) is 0 Å². The summed E-state index contributed by atoms with van der Waals surface area (Å²) in [6.07, 6.45) is 2.40. The van der Waals surface area contributed by atoms with Crippen molar-refractivity contribution in [3.63, 3.8) is 0 Å². The molecule has 1 atom stereocenters. The standard InChI is InChI=1S/C13H20N2O2/c1-9-5-7-17-11(9)12(16)15-6-4-10(14)13(2,3)8-15/h5,7,10H,4,6,8,14H2,1-3H3. The SMILES string of the molecule is Cc1ccoc1C(=O)N1CCC(N)C(C)(C)C1. The molecule has 4 heteroatoms. The lowest BCUT2D eigenvalue weighted by molar-refractivity contribution is 0.0502. The molecule has 1 fully saturated rings. The average Bonchev–Trinajstić information content (AvgIpc) is 2.67. The van der Waals surface area contributed by atoms with Gasteiger partial charge in [-0.3, -0.25) is 4.79 Å². The summed E-state index contributed by atoms with van der Waals surface area (Å²) < 4.78 is 5.25. The molecule has 0 spiro atoms. The van der Waals surface area contributed by atoms with Crippen molar-refractivity contribution in [1.29, 1.82) is 0 Å². The smallest absolute Gasteiger partial charge is 0.289 e. The first-order chi connectivity index (χ1) is 7.92. The van der Waals surface area contributed by atoms with Gasteiger partial charge in [0.25, 0.3) is 5.91 Å². The zero-order valence-electron chi connectivity index (χ0n) is 10.7. The molecular formula is C13H20N2O2. The highest BCUT2D eigenvalue weighted by Gasteiger charge is 2.36. The molecule has 1 aliphatic heterocycles. The van der Waals surface area contributed by atoms with E-state index in [0.29, 0.717) is 18.8 Å². The third kappa shape index (κ3) is 2.22. The highest BCUT2D eigenvalue weighted by atomic mass is 16.3. The second-order valence-electron chi connectivity index (χ2n) is 5.54. The summed E-state index contributed by atoms with van der Waals surface area (Å²) in [6.45, 7) is 7.49. The van der Waals surface area contributed by atoms with Crippen molar-refractivity contribution in [2.75, 3.05) is 13.1 Å². The van der Waals surface area contributed by atoms with E-state index in [1.54, 1.807) is 6.26 Å². The van der Waals surface area contributed by atoms with E-state index >= 15 is 0 Å². The van der Waals surface area contributed by atoms with E-state index in [1.807, 2.05) is 17.9 Å². The molecule has 2 rings (SSSR count). The van der Waals surface area contributed by atoms with Crippen LogP contribution in [0.25, 0.3) is 0 Å². The van der Waals surface area contributed by atoms with Crippen molar-refractivity contribution in [3.05, 3.63) is 23.7 Å². The Kier molecular flexibility index (Phi) is 3.00. The van der Waals surface area contributed by atoms with Gasteiger partial charge >= 0.3 is 0 Å². The fourth-order valence-corrected chi connectivity index (χ4v) is 2.28. The Bertz CT molecular complexity index is 423. The molecule has 0 bridgehead atoms. The van der Waals surface area contributed by atoms with Gasteiger partial charge in [-0.05, 0) is 24.8 Å². The normalized spacial score (nSPS) is 23.8.